The molecule has 0 aliphatic carbocycles. The van der Waals surface area contributed by atoms with Crippen molar-refractivity contribution in [1.29, 1.82) is 0 Å². The van der Waals surface area contributed by atoms with Gasteiger partial charge in [0.05, 0.1) is 5.52 Å². The van der Waals surface area contributed by atoms with Gasteiger partial charge in [-0.3, -0.25) is 14.0 Å². The Balaban J connectivity index is 2.01. The molecule has 0 aliphatic rings. The molecular formula is C23H28N4O2. The molecule has 0 saturated carbocycles. The third-order valence-corrected chi connectivity index (χ3v) is 4.44. The molecule has 2 heterocycles. The number of carbonyl (C=O) groups is 2. The van der Waals surface area contributed by atoms with Crippen molar-refractivity contribution in [3.05, 3.63) is 65.7 Å². The number of nitrogens with one attached hydrogen (secondary N) is 2. The van der Waals surface area contributed by atoms with E-state index >= 15 is 0 Å². The summed E-state index contributed by atoms with van der Waals surface area (Å²) < 4.78 is 1.64. The van der Waals surface area contributed by atoms with Crippen molar-refractivity contribution in [2.24, 2.45) is 0 Å². The van der Waals surface area contributed by atoms with E-state index in [4.69, 9.17) is 0 Å². The van der Waals surface area contributed by atoms with Gasteiger partial charge in [0.1, 0.15) is 0 Å². The predicted octanol–water partition coefficient (Wildman–Crippen LogP) is 4.41. The van der Waals surface area contributed by atoms with Crippen LogP contribution in [0.5, 0.6) is 0 Å². The van der Waals surface area contributed by atoms with Crippen molar-refractivity contribution in [2.75, 3.05) is 5.32 Å². The Kier molecular flexibility index (Phi) is 5.22. The van der Waals surface area contributed by atoms with E-state index in [0.717, 1.165) is 11.3 Å². The molecule has 0 fully saturated rings. The van der Waals surface area contributed by atoms with E-state index in [1.54, 1.807) is 22.7 Å². The lowest BCUT2D eigenvalue weighted by Gasteiger charge is -2.22. The van der Waals surface area contributed by atoms with E-state index in [1.165, 1.54) is 0 Å². The normalized spacial score (nSPS) is 12.1. The molecule has 0 saturated heterocycles. The van der Waals surface area contributed by atoms with E-state index in [2.05, 4.69) is 36.4 Å². The number of fused-ring (bicyclic) bond motifs is 1. The number of carbonyl (C=O) groups excluding carboxylic acids is 2. The van der Waals surface area contributed by atoms with Crippen molar-refractivity contribution in [3.8, 4) is 0 Å². The van der Waals surface area contributed by atoms with Gasteiger partial charge in [-0.25, -0.2) is 4.98 Å². The average Bonchev–Trinajstić information content (AvgIpc) is 3.00. The van der Waals surface area contributed by atoms with Gasteiger partial charge in [-0.2, -0.15) is 0 Å². The minimum Gasteiger partial charge on any atom is -0.345 e. The minimum absolute atomic E-state index is 0.127. The molecule has 0 bridgehead atoms. The Morgan fingerprint density at radius 2 is 1.55 bits per heavy atom. The topological polar surface area (TPSA) is 75.5 Å². The third-order valence-electron chi connectivity index (χ3n) is 4.44. The summed E-state index contributed by atoms with van der Waals surface area (Å²) in [6, 6.07) is 13.1. The molecule has 6 nitrogen and oxygen atoms in total. The lowest BCUT2D eigenvalue weighted by Crippen LogP contribution is -2.41. The van der Waals surface area contributed by atoms with E-state index in [0.29, 0.717) is 5.52 Å². The van der Waals surface area contributed by atoms with Crippen molar-refractivity contribution in [3.63, 3.8) is 0 Å². The monoisotopic (exact) mass is 392 g/mol. The van der Waals surface area contributed by atoms with Crippen LogP contribution >= 0.6 is 0 Å². The Bertz CT molecular complexity index is 1070. The fraction of sp³-hybridized carbons (Fsp3) is 0.348. The third kappa shape index (κ3) is 4.47. The molecule has 6 heteroatoms. The Morgan fingerprint density at radius 1 is 0.897 bits per heavy atom. The Labute approximate surface area is 171 Å². The molecule has 0 unspecified atom stereocenters. The van der Waals surface area contributed by atoms with Gasteiger partial charge in [0, 0.05) is 17.4 Å². The van der Waals surface area contributed by atoms with Gasteiger partial charge in [0.25, 0.3) is 11.8 Å². The standard InChI is InChI=1S/C23H28N4O2/c1-22(2,3)15-11-7-8-12-16(15)24-20(28)18-17-13-9-10-14-27(17)19(25-18)21(29)26-23(4,5)6/h7-14H,1-6H3,(H,24,28)(H,26,29). The quantitative estimate of drug-likeness (QED) is 0.693. The first kappa shape index (κ1) is 20.6. The highest BCUT2D eigenvalue weighted by Gasteiger charge is 2.25. The van der Waals surface area contributed by atoms with Crippen LogP contribution in [-0.2, 0) is 5.41 Å². The molecule has 2 aromatic heterocycles. The van der Waals surface area contributed by atoms with Crippen molar-refractivity contribution >= 4 is 23.0 Å². The number of anilines is 1. The molecule has 2 amide bonds. The van der Waals surface area contributed by atoms with Crippen LogP contribution in [0.3, 0.4) is 0 Å². The highest BCUT2D eigenvalue weighted by Crippen LogP contribution is 2.29. The second-order valence-corrected chi connectivity index (χ2v) is 9.19. The largest absolute Gasteiger partial charge is 0.345 e. The Hall–Kier alpha value is -3.15. The van der Waals surface area contributed by atoms with E-state index in [1.807, 2.05) is 51.1 Å². The summed E-state index contributed by atoms with van der Waals surface area (Å²) in [5.41, 5.74) is 2.03. The first-order valence-electron chi connectivity index (χ1n) is 9.68. The fourth-order valence-corrected chi connectivity index (χ4v) is 3.19. The molecule has 2 N–H and O–H groups in total. The maximum absolute atomic E-state index is 13.1. The van der Waals surface area contributed by atoms with Crippen LogP contribution in [0.15, 0.2) is 48.7 Å². The van der Waals surface area contributed by atoms with Gasteiger partial charge < -0.3 is 10.6 Å². The molecule has 3 rings (SSSR count). The highest BCUT2D eigenvalue weighted by atomic mass is 16.2. The maximum Gasteiger partial charge on any atom is 0.288 e. The smallest absolute Gasteiger partial charge is 0.288 e. The predicted molar refractivity (Wildman–Crippen MR) is 116 cm³/mol. The summed E-state index contributed by atoms with van der Waals surface area (Å²) in [5.74, 6) is -0.488. The maximum atomic E-state index is 13.1. The Morgan fingerprint density at radius 3 is 2.21 bits per heavy atom. The minimum atomic E-state index is -0.411. The van der Waals surface area contributed by atoms with Crippen molar-refractivity contribution in [1.82, 2.24) is 14.7 Å². The molecule has 29 heavy (non-hydrogen) atoms. The lowest BCUT2D eigenvalue weighted by molar-refractivity contribution is 0.0908. The number of imidazole rings is 1. The van der Waals surface area contributed by atoms with Gasteiger partial charge in [-0.1, -0.05) is 45.0 Å². The molecule has 0 aliphatic heterocycles. The molecule has 0 atom stereocenters. The number of amides is 2. The van der Waals surface area contributed by atoms with Crippen LogP contribution in [0.25, 0.3) is 5.52 Å². The molecule has 1 aromatic carbocycles. The van der Waals surface area contributed by atoms with E-state index in [-0.39, 0.29) is 28.7 Å². The van der Waals surface area contributed by atoms with E-state index < -0.39 is 5.54 Å². The number of pyridine rings is 1. The molecule has 0 spiro atoms. The summed E-state index contributed by atoms with van der Waals surface area (Å²) >= 11 is 0. The lowest BCUT2D eigenvalue weighted by atomic mass is 9.86. The van der Waals surface area contributed by atoms with Crippen molar-refractivity contribution in [2.45, 2.75) is 52.5 Å². The SMILES string of the molecule is CC(C)(C)NC(=O)c1nc(C(=O)Nc2ccccc2C(C)(C)C)c2ccccn12. The second-order valence-electron chi connectivity index (χ2n) is 9.19. The van der Waals surface area contributed by atoms with Gasteiger partial charge >= 0.3 is 0 Å². The number of nitrogens with zero attached hydrogens (tertiary/aromatic N) is 2. The summed E-state index contributed by atoms with van der Waals surface area (Å²) in [7, 11) is 0. The van der Waals surface area contributed by atoms with Crippen LogP contribution in [0.4, 0.5) is 5.69 Å². The van der Waals surface area contributed by atoms with Crippen molar-refractivity contribution < 1.29 is 9.59 Å². The van der Waals surface area contributed by atoms with Gasteiger partial charge in [0.2, 0.25) is 5.82 Å². The number of benzene rings is 1. The second kappa shape index (κ2) is 7.35. The number of rotatable bonds is 3. The zero-order valence-electron chi connectivity index (χ0n) is 17.8. The van der Waals surface area contributed by atoms with Crippen LogP contribution < -0.4 is 10.6 Å². The average molecular weight is 393 g/mol. The van der Waals surface area contributed by atoms with E-state index in [9.17, 15) is 9.59 Å². The summed E-state index contributed by atoms with van der Waals surface area (Å²) in [6.45, 7) is 12.0. The van der Waals surface area contributed by atoms with Crippen LogP contribution in [-0.4, -0.2) is 26.7 Å². The van der Waals surface area contributed by atoms with Gasteiger partial charge in [0.15, 0.2) is 5.69 Å². The zero-order valence-corrected chi connectivity index (χ0v) is 17.8. The first-order valence-corrected chi connectivity index (χ1v) is 9.68. The molecule has 3 aromatic rings. The molecule has 0 radical (unpaired) electrons. The zero-order chi connectivity index (χ0) is 21.4. The van der Waals surface area contributed by atoms with Gasteiger partial charge in [-0.15, -0.1) is 0 Å². The fourth-order valence-electron chi connectivity index (χ4n) is 3.19. The van der Waals surface area contributed by atoms with Crippen LogP contribution in [0.2, 0.25) is 0 Å². The first-order chi connectivity index (χ1) is 13.5. The van der Waals surface area contributed by atoms with Gasteiger partial charge in [-0.05, 0) is 49.9 Å². The number of para-hydroxylation sites is 1. The van der Waals surface area contributed by atoms with Crippen LogP contribution in [0.1, 0.15) is 68.2 Å². The summed E-state index contributed by atoms with van der Waals surface area (Å²) in [5, 5.41) is 5.88. The molecular weight excluding hydrogens is 364 g/mol. The number of hydrogen-bond donors (Lipinski definition) is 2. The highest BCUT2D eigenvalue weighted by molar-refractivity contribution is 6.09. The number of hydrogen-bond acceptors (Lipinski definition) is 3. The summed E-state index contributed by atoms with van der Waals surface area (Å²) in [6.07, 6.45) is 1.74. The summed E-state index contributed by atoms with van der Waals surface area (Å²) in [4.78, 5) is 30.2. The number of aromatic nitrogens is 2. The van der Waals surface area contributed by atoms with Crippen LogP contribution in [0, 0.1) is 0 Å². The molecule has 152 valence electrons.